The smallest absolute Gasteiger partial charge is 0.125 e. The molecule has 9 N–H and O–H groups in total. The lowest BCUT2D eigenvalue weighted by Crippen LogP contribution is -2.36. The van der Waals surface area contributed by atoms with E-state index in [0.29, 0.717) is 6.67 Å². The number of anilines is 1. The highest BCUT2D eigenvalue weighted by Gasteiger charge is 2.07. The highest BCUT2D eigenvalue weighted by Crippen LogP contribution is 2.06. The van der Waals surface area contributed by atoms with E-state index in [9.17, 15) is 0 Å². The molecule has 1 aliphatic heterocycles. The summed E-state index contributed by atoms with van der Waals surface area (Å²) in [5.74, 6) is 0.933. The third kappa shape index (κ3) is 45.6. The molecule has 11 heteroatoms. The zero-order valence-corrected chi connectivity index (χ0v) is 29.5. The van der Waals surface area contributed by atoms with E-state index >= 15 is 0 Å². The molecule has 1 aromatic heterocycles. The number of likely N-dealkylation sites (tertiary alicyclic amines) is 1. The quantitative estimate of drug-likeness (QED) is 0.111. The highest BCUT2D eigenvalue weighted by atomic mass is 15.2. The second kappa shape index (κ2) is 46.5. The number of likely N-dealkylation sites (N-methyl/N-ethyl adjacent to an activating group) is 1. The Hall–Kier alpha value is -1.41. The Bertz CT molecular complexity index is 514. The van der Waals surface area contributed by atoms with Gasteiger partial charge in [0.25, 0.3) is 0 Å². The fourth-order valence-electron chi connectivity index (χ4n) is 3.01. The first-order valence-electron chi connectivity index (χ1n) is 16.1. The Kier molecular flexibility index (Phi) is 52.7. The van der Waals surface area contributed by atoms with E-state index in [4.69, 9.17) is 5.73 Å². The molecular weight excluding hydrogens is 526 g/mol. The predicted molar refractivity (Wildman–Crippen MR) is 189 cm³/mol. The van der Waals surface area contributed by atoms with Crippen molar-refractivity contribution in [2.75, 3.05) is 120 Å². The molecule has 0 aliphatic carbocycles. The van der Waals surface area contributed by atoms with Crippen molar-refractivity contribution in [1.82, 2.24) is 46.7 Å². The number of unbranched alkanes of at least 4 members (excludes halogenated alkanes) is 1. The highest BCUT2D eigenvalue weighted by molar-refractivity contribution is 5.32. The Labute approximate surface area is 262 Å². The van der Waals surface area contributed by atoms with Crippen LogP contribution in [0.25, 0.3) is 0 Å². The van der Waals surface area contributed by atoms with E-state index in [1.54, 1.807) is 6.20 Å². The van der Waals surface area contributed by atoms with Gasteiger partial charge in [-0.3, -0.25) is 9.80 Å². The summed E-state index contributed by atoms with van der Waals surface area (Å²) in [7, 11) is 11.7. The Morgan fingerprint density at radius 1 is 0.762 bits per heavy atom. The molecule has 0 bridgehead atoms. The van der Waals surface area contributed by atoms with Gasteiger partial charge < -0.3 is 43.0 Å². The predicted octanol–water partition coefficient (Wildman–Crippen LogP) is 2.22. The van der Waals surface area contributed by atoms with Crippen LogP contribution in [0.5, 0.6) is 0 Å². The standard InChI is InChI=1S/C8H13N3.C7H16N2.C5H15N3.C5H13N.2C3H9N/c1-9-6-7-11-8-4-2-3-5-10-8;1-8-7-9-5-3-2-4-6-9;1-3-8(4-6)5-7-2;1-3-4-5-6-2;2*1-3-4-2/h2-5,9H,6-7H2,1H3,(H,10,11);8H,2-7H2,1H3;7H,3-6H2,1-2H3;6H,3-5H2,1-2H3;2*4H,3H2,1-2H3. The fourth-order valence-corrected chi connectivity index (χ4v) is 3.01. The SMILES string of the molecule is CCCCNC.CCN(CN)CNC.CCNC.CCNC.CNCCNc1ccccn1.CNCN1CCCCC1. The van der Waals surface area contributed by atoms with E-state index in [2.05, 4.69) is 79.7 Å². The van der Waals surface area contributed by atoms with Crippen LogP contribution in [0.3, 0.4) is 0 Å². The molecular formula is C31H75N11. The summed E-state index contributed by atoms with van der Waals surface area (Å²) in [6, 6.07) is 5.83. The second-order valence-electron chi connectivity index (χ2n) is 9.49. The van der Waals surface area contributed by atoms with Crippen molar-refractivity contribution < 1.29 is 0 Å². The average Bonchev–Trinajstić information content (AvgIpc) is 3.05. The number of nitrogens with one attached hydrogen (secondary N) is 7. The first-order valence-corrected chi connectivity index (χ1v) is 16.1. The van der Waals surface area contributed by atoms with E-state index < -0.39 is 0 Å². The molecule has 1 fully saturated rings. The second-order valence-corrected chi connectivity index (χ2v) is 9.49. The number of pyridine rings is 1. The summed E-state index contributed by atoms with van der Waals surface area (Å²) in [6.07, 6.45) is 8.59. The van der Waals surface area contributed by atoms with E-state index in [1.807, 2.05) is 60.5 Å². The Morgan fingerprint density at radius 3 is 1.69 bits per heavy atom. The van der Waals surface area contributed by atoms with Gasteiger partial charge in [0.1, 0.15) is 5.82 Å². The van der Waals surface area contributed by atoms with Gasteiger partial charge in [-0.25, -0.2) is 4.98 Å². The molecule has 0 atom stereocenters. The van der Waals surface area contributed by atoms with Crippen molar-refractivity contribution in [2.24, 2.45) is 5.73 Å². The summed E-state index contributed by atoms with van der Waals surface area (Å²) in [5.41, 5.74) is 5.36. The molecule has 0 saturated carbocycles. The maximum absolute atomic E-state index is 5.36. The van der Waals surface area contributed by atoms with Crippen molar-refractivity contribution in [1.29, 1.82) is 0 Å². The molecule has 2 rings (SSSR count). The van der Waals surface area contributed by atoms with Crippen LogP contribution in [-0.4, -0.2) is 129 Å². The molecule has 0 radical (unpaired) electrons. The summed E-state index contributed by atoms with van der Waals surface area (Å²) in [4.78, 5) is 8.67. The molecule has 0 amide bonds. The molecule has 1 aromatic rings. The first kappa shape index (κ1) is 47.5. The van der Waals surface area contributed by atoms with Crippen molar-refractivity contribution in [3.63, 3.8) is 0 Å². The molecule has 1 saturated heterocycles. The lowest BCUT2D eigenvalue weighted by atomic mass is 10.1. The molecule has 254 valence electrons. The van der Waals surface area contributed by atoms with Crippen LogP contribution >= 0.6 is 0 Å². The number of aromatic nitrogens is 1. The zero-order chi connectivity index (χ0) is 32.5. The number of hydrogen-bond acceptors (Lipinski definition) is 11. The van der Waals surface area contributed by atoms with E-state index in [-0.39, 0.29) is 0 Å². The Morgan fingerprint density at radius 2 is 1.36 bits per heavy atom. The van der Waals surface area contributed by atoms with Crippen LogP contribution in [-0.2, 0) is 0 Å². The normalized spacial score (nSPS) is 12.0. The monoisotopic (exact) mass is 602 g/mol. The molecule has 42 heavy (non-hydrogen) atoms. The molecule has 11 nitrogen and oxygen atoms in total. The van der Waals surface area contributed by atoms with Gasteiger partial charge in [-0.2, -0.15) is 0 Å². The lowest BCUT2D eigenvalue weighted by molar-refractivity contribution is 0.218. The van der Waals surface area contributed by atoms with Crippen LogP contribution in [0.1, 0.15) is 59.8 Å². The molecule has 2 heterocycles. The van der Waals surface area contributed by atoms with Gasteiger partial charge in [0.05, 0.1) is 0 Å². The van der Waals surface area contributed by atoms with Gasteiger partial charge in [0.2, 0.25) is 0 Å². The van der Waals surface area contributed by atoms with Crippen molar-refractivity contribution in [3.8, 4) is 0 Å². The minimum absolute atomic E-state index is 0.636. The third-order valence-electron chi connectivity index (χ3n) is 5.75. The molecule has 1 aliphatic rings. The molecule has 0 aromatic carbocycles. The number of hydrogen-bond donors (Lipinski definition) is 8. The minimum atomic E-state index is 0.636. The van der Waals surface area contributed by atoms with Crippen molar-refractivity contribution >= 4 is 5.82 Å². The average molecular weight is 602 g/mol. The van der Waals surface area contributed by atoms with E-state index in [0.717, 1.165) is 58.4 Å². The molecule has 0 spiro atoms. The topological polar surface area (TPSA) is 130 Å². The Balaban J connectivity index is -0.000000215. The van der Waals surface area contributed by atoms with Gasteiger partial charge in [-0.15, -0.1) is 0 Å². The van der Waals surface area contributed by atoms with Crippen LogP contribution in [0.15, 0.2) is 24.4 Å². The fraction of sp³-hybridized carbons (Fsp3) is 0.839. The first-order chi connectivity index (χ1) is 20.5. The maximum Gasteiger partial charge on any atom is 0.125 e. The van der Waals surface area contributed by atoms with Gasteiger partial charge in [0.15, 0.2) is 0 Å². The maximum atomic E-state index is 5.36. The summed E-state index contributed by atoms with van der Waals surface area (Å²) in [6.45, 7) is 19.8. The lowest BCUT2D eigenvalue weighted by Gasteiger charge is -2.25. The number of nitrogens with two attached hydrogens (primary N) is 1. The number of nitrogens with zero attached hydrogens (tertiary/aromatic N) is 3. The van der Waals surface area contributed by atoms with Gasteiger partial charge >= 0.3 is 0 Å². The summed E-state index contributed by atoms with van der Waals surface area (Å²) in [5, 5.41) is 21.3. The largest absolute Gasteiger partial charge is 0.369 e. The van der Waals surface area contributed by atoms with E-state index in [1.165, 1.54) is 45.2 Å². The number of rotatable bonds is 15. The third-order valence-corrected chi connectivity index (χ3v) is 5.75. The van der Waals surface area contributed by atoms with Crippen LogP contribution in [0.4, 0.5) is 5.82 Å². The van der Waals surface area contributed by atoms with Gasteiger partial charge in [-0.1, -0.05) is 46.6 Å². The molecule has 0 unspecified atom stereocenters. The summed E-state index contributed by atoms with van der Waals surface area (Å²) >= 11 is 0. The summed E-state index contributed by atoms with van der Waals surface area (Å²) < 4.78 is 0. The van der Waals surface area contributed by atoms with Crippen molar-refractivity contribution in [3.05, 3.63) is 24.4 Å². The van der Waals surface area contributed by atoms with Crippen molar-refractivity contribution in [2.45, 2.75) is 59.8 Å². The van der Waals surface area contributed by atoms with Crippen LogP contribution < -0.4 is 43.0 Å². The minimum Gasteiger partial charge on any atom is -0.369 e. The zero-order valence-electron chi connectivity index (χ0n) is 29.5. The van der Waals surface area contributed by atoms with Gasteiger partial charge in [-0.05, 0) is 113 Å². The number of piperidine rings is 1. The van der Waals surface area contributed by atoms with Gasteiger partial charge in [0, 0.05) is 39.3 Å². The van der Waals surface area contributed by atoms with Crippen LogP contribution in [0, 0.1) is 0 Å². The van der Waals surface area contributed by atoms with Crippen LogP contribution in [0.2, 0.25) is 0 Å².